The smallest absolute Gasteiger partial charge is 0.337 e. The lowest BCUT2D eigenvalue weighted by Crippen LogP contribution is -2.34. The second kappa shape index (κ2) is 7.08. The first-order valence-corrected chi connectivity index (χ1v) is 7.16. The largest absolute Gasteiger partial charge is 0.508 e. The van der Waals surface area contributed by atoms with Crippen LogP contribution in [-0.4, -0.2) is 34.7 Å². The van der Waals surface area contributed by atoms with E-state index in [-0.39, 0.29) is 22.9 Å². The summed E-state index contributed by atoms with van der Waals surface area (Å²) in [7, 11) is 0. The molecule has 1 atom stereocenters. The van der Waals surface area contributed by atoms with Gasteiger partial charge in [-0.15, -0.1) is 0 Å². The van der Waals surface area contributed by atoms with E-state index in [4.69, 9.17) is 5.11 Å². The SMILES string of the molecule is O=C(CCC1CCCCN1)Nc1ccc(O)cc1C(=O)O. The Hall–Kier alpha value is -2.08. The fourth-order valence-corrected chi connectivity index (χ4v) is 2.51. The van der Waals surface area contributed by atoms with Crippen molar-refractivity contribution in [2.24, 2.45) is 0 Å². The van der Waals surface area contributed by atoms with Gasteiger partial charge in [-0.05, 0) is 44.0 Å². The van der Waals surface area contributed by atoms with Crippen molar-refractivity contribution in [3.8, 4) is 5.75 Å². The molecule has 6 nitrogen and oxygen atoms in total. The van der Waals surface area contributed by atoms with Crippen molar-refractivity contribution in [2.75, 3.05) is 11.9 Å². The lowest BCUT2D eigenvalue weighted by Gasteiger charge is -2.23. The van der Waals surface area contributed by atoms with Gasteiger partial charge in [0.2, 0.25) is 5.91 Å². The van der Waals surface area contributed by atoms with E-state index in [0.717, 1.165) is 25.5 Å². The molecule has 1 fully saturated rings. The average molecular weight is 292 g/mol. The van der Waals surface area contributed by atoms with Crippen LogP contribution in [0.25, 0.3) is 0 Å². The fraction of sp³-hybridized carbons (Fsp3) is 0.467. The summed E-state index contributed by atoms with van der Waals surface area (Å²) in [6, 6.07) is 4.24. The van der Waals surface area contributed by atoms with Gasteiger partial charge in [-0.25, -0.2) is 4.79 Å². The maximum Gasteiger partial charge on any atom is 0.337 e. The Kier molecular flexibility index (Phi) is 5.16. The molecule has 114 valence electrons. The normalized spacial score (nSPS) is 18.2. The number of benzene rings is 1. The minimum atomic E-state index is -1.19. The Morgan fingerprint density at radius 3 is 2.81 bits per heavy atom. The molecule has 2 rings (SSSR count). The molecular formula is C15H20N2O4. The van der Waals surface area contributed by atoms with Crippen molar-refractivity contribution < 1.29 is 19.8 Å². The van der Waals surface area contributed by atoms with Gasteiger partial charge in [0.1, 0.15) is 5.75 Å². The van der Waals surface area contributed by atoms with E-state index in [0.29, 0.717) is 12.5 Å². The molecule has 4 N–H and O–H groups in total. The van der Waals surface area contributed by atoms with E-state index >= 15 is 0 Å². The number of rotatable bonds is 5. The second-order valence-electron chi connectivity index (χ2n) is 5.27. The minimum Gasteiger partial charge on any atom is -0.508 e. The first kappa shape index (κ1) is 15.3. The number of nitrogens with one attached hydrogen (secondary N) is 2. The van der Waals surface area contributed by atoms with Crippen LogP contribution in [0, 0.1) is 0 Å². The summed E-state index contributed by atoms with van der Waals surface area (Å²) < 4.78 is 0. The van der Waals surface area contributed by atoms with Crippen molar-refractivity contribution in [1.82, 2.24) is 5.32 Å². The highest BCUT2D eigenvalue weighted by Crippen LogP contribution is 2.22. The molecule has 21 heavy (non-hydrogen) atoms. The maximum absolute atomic E-state index is 11.9. The minimum absolute atomic E-state index is 0.112. The predicted molar refractivity (Wildman–Crippen MR) is 78.6 cm³/mol. The van der Waals surface area contributed by atoms with Gasteiger partial charge in [0, 0.05) is 12.5 Å². The van der Waals surface area contributed by atoms with Crippen LogP contribution in [0.5, 0.6) is 5.75 Å². The van der Waals surface area contributed by atoms with Crippen LogP contribution >= 0.6 is 0 Å². The third-order valence-electron chi connectivity index (χ3n) is 3.64. The number of hydrogen-bond donors (Lipinski definition) is 4. The molecule has 1 aliphatic heterocycles. The zero-order valence-corrected chi connectivity index (χ0v) is 11.8. The Morgan fingerprint density at radius 1 is 1.33 bits per heavy atom. The summed E-state index contributed by atoms with van der Waals surface area (Å²) in [5, 5.41) is 24.3. The highest BCUT2D eigenvalue weighted by atomic mass is 16.4. The molecule has 1 unspecified atom stereocenters. The predicted octanol–water partition coefficient (Wildman–Crippen LogP) is 1.95. The lowest BCUT2D eigenvalue weighted by molar-refractivity contribution is -0.116. The molecule has 1 amide bonds. The number of phenolic OH excluding ortho intramolecular Hbond substituents is 1. The molecule has 1 aromatic carbocycles. The van der Waals surface area contributed by atoms with Gasteiger partial charge in [0.15, 0.2) is 0 Å². The zero-order valence-electron chi connectivity index (χ0n) is 11.8. The number of hydrogen-bond acceptors (Lipinski definition) is 4. The molecule has 0 bridgehead atoms. The molecule has 1 aliphatic rings. The molecule has 1 saturated heterocycles. The van der Waals surface area contributed by atoms with Gasteiger partial charge in [0.05, 0.1) is 11.3 Å². The number of carbonyl (C=O) groups excluding carboxylic acids is 1. The Bertz CT molecular complexity index is 524. The van der Waals surface area contributed by atoms with E-state index in [1.165, 1.54) is 25.0 Å². The standard InChI is InChI=1S/C15H20N2O4/c18-11-5-6-13(12(9-11)15(20)21)17-14(19)7-4-10-3-1-2-8-16-10/h5-6,9-10,16,18H,1-4,7-8H2,(H,17,19)(H,20,21). The molecule has 0 aromatic heterocycles. The number of piperidine rings is 1. The highest BCUT2D eigenvalue weighted by molar-refractivity contribution is 6.00. The Balaban J connectivity index is 1.91. The van der Waals surface area contributed by atoms with Gasteiger partial charge in [0.25, 0.3) is 0 Å². The van der Waals surface area contributed by atoms with Crippen molar-refractivity contribution in [2.45, 2.75) is 38.1 Å². The van der Waals surface area contributed by atoms with Gasteiger partial charge in [-0.3, -0.25) is 4.79 Å². The number of carbonyl (C=O) groups is 2. The molecule has 0 aliphatic carbocycles. The quantitative estimate of drug-likeness (QED) is 0.622. The van der Waals surface area contributed by atoms with Crippen molar-refractivity contribution in [1.29, 1.82) is 0 Å². The van der Waals surface area contributed by atoms with Crippen LogP contribution in [0.1, 0.15) is 42.5 Å². The van der Waals surface area contributed by atoms with Gasteiger partial charge >= 0.3 is 5.97 Å². The van der Waals surface area contributed by atoms with Crippen molar-refractivity contribution in [3.63, 3.8) is 0 Å². The van der Waals surface area contributed by atoms with Crippen LogP contribution < -0.4 is 10.6 Å². The van der Waals surface area contributed by atoms with E-state index in [1.807, 2.05) is 0 Å². The summed E-state index contributed by atoms with van der Waals surface area (Å²) in [6.07, 6.45) is 4.52. The number of aromatic hydroxyl groups is 1. The first-order chi connectivity index (χ1) is 10.1. The van der Waals surface area contributed by atoms with Gasteiger partial charge in [-0.1, -0.05) is 6.42 Å². The van der Waals surface area contributed by atoms with Crippen LogP contribution in [0.4, 0.5) is 5.69 Å². The number of anilines is 1. The van der Waals surface area contributed by atoms with Gasteiger partial charge < -0.3 is 20.8 Å². The number of amides is 1. The summed E-state index contributed by atoms with van der Waals surface area (Å²) in [5.41, 5.74) is 0.0982. The monoisotopic (exact) mass is 292 g/mol. The number of phenols is 1. The van der Waals surface area contributed by atoms with E-state index in [2.05, 4.69) is 10.6 Å². The van der Waals surface area contributed by atoms with Crippen LogP contribution in [0.15, 0.2) is 18.2 Å². The van der Waals surface area contributed by atoms with Crippen molar-refractivity contribution in [3.05, 3.63) is 23.8 Å². The molecule has 6 heteroatoms. The number of carboxylic acids is 1. The Labute approximate surface area is 123 Å². The molecule has 0 radical (unpaired) electrons. The van der Waals surface area contributed by atoms with E-state index in [9.17, 15) is 14.7 Å². The van der Waals surface area contributed by atoms with Gasteiger partial charge in [-0.2, -0.15) is 0 Å². The average Bonchev–Trinajstić information content (AvgIpc) is 2.48. The third-order valence-corrected chi connectivity index (χ3v) is 3.64. The lowest BCUT2D eigenvalue weighted by atomic mass is 10.0. The molecule has 0 saturated carbocycles. The maximum atomic E-state index is 11.9. The van der Waals surface area contributed by atoms with Crippen LogP contribution in [0.2, 0.25) is 0 Å². The topological polar surface area (TPSA) is 98.7 Å². The molecule has 1 heterocycles. The van der Waals surface area contributed by atoms with E-state index in [1.54, 1.807) is 0 Å². The van der Waals surface area contributed by atoms with Crippen molar-refractivity contribution >= 4 is 17.6 Å². The summed E-state index contributed by atoms with van der Waals surface area (Å²) in [5.74, 6) is -1.54. The molecule has 1 aromatic rings. The summed E-state index contributed by atoms with van der Waals surface area (Å²) in [4.78, 5) is 23.0. The van der Waals surface area contributed by atoms with Crippen LogP contribution in [-0.2, 0) is 4.79 Å². The Morgan fingerprint density at radius 2 is 2.14 bits per heavy atom. The molecular weight excluding hydrogens is 272 g/mol. The third kappa shape index (κ3) is 4.46. The van der Waals surface area contributed by atoms with Crippen LogP contribution in [0.3, 0.4) is 0 Å². The summed E-state index contributed by atoms with van der Waals surface area (Å²) >= 11 is 0. The first-order valence-electron chi connectivity index (χ1n) is 7.16. The number of aromatic carboxylic acids is 1. The fourth-order valence-electron chi connectivity index (χ4n) is 2.51. The summed E-state index contributed by atoms with van der Waals surface area (Å²) in [6.45, 7) is 0.993. The second-order valence-corrected chi connectivity index (χ2v) is 5.27. The zero-order chi connectivity index (χ0) is 15.2. The molecule has 0 spiro atoms. The number of carboxylic acid groups (broad SMARTS) is 1. The van der Waals surface area contributed by atoms with E-state index < -0.39 is 5.97 Å². The highest BCUT2D eigenvalue weighted by Gasteiger charge is 2.16.